The van der Waals surface area contributed by atoms with Crippen molar-refractivity contribution in [1.82, 2.24) is 5.43 Å². The van der Waals surface area contributed by atoms with E-state index < -0.39 is 0 Å². The summed E-state index contributed by atoms with van der Waals surface area (Å²) in [4.78, 5) is 11.6. The summed E-state index contributed by atoms with van der Waals surface area (Å²) in [5.74, 6) is -0.0686. The van der Waals surface area contributed by atoms with Crippen molar-refractivity contribution < 1.29 is 9.53 Å². The number of benzene rings is 1. The van der Waals surface area contributed by atoms with Gasteiger partial charge >= 0.3 is 0 Å². The van der Waals surface area contributed by atoms with Crippen LogP contribution in [0.1, 0.15) is 33.1 Å². The first-order valence-electron chi connectivity index (χ1n) is 6.53. The van der Waals surface area contributed by atoms with Crippen LogP contribution in [-0.4, -0.2) is 18.2 Å². The van der Waals surface area contributed by atoms with Crippen LogP contribution in [0.5, 0.6) is 5.75 Å². The van der Waals surface area contributed by atoms with Crippen LogP contribution >= 0.6 is 34.8 Å². The second-order valence-corrected chi connectivity index (χ2v) is 5.69. The molecule has 0 bridgehead atoms. The number of halogens is 3. The highest BCUT2D eigenvalue weighted by molar-refractivity contribution is 6.43. The highest BCUT2D eigenvalue weighted by Crippen LogP contribution is 2.33. The standard InChI is InChI=1S/C14H17Cl3N2O2/c1-3-4-5-9(2)18-19-14(20)8-21-13-7-11(16)10(15)6-12(13)17/h6-7H,3-5,8H2,1-2H3,(H,19,20). The van der Waals surface area contributed by atoms with Gasteiger partial charge in [-0.05, 0) is 25.8 Å². The van der Waals surface area contributed by atoms with Gasteiger partial charge in [0.15, 0.2) is 6.61 Å². The van der Waals surface area contributed by atoms with E-state index in [-0.39, 0.29) is 12.5 Å². The lowest BCUT2D eigenvalue weighted by Crippen LogP contribution is -2.25. The number of ether oxygens (including phenoxy) is 1. The molecule has 0 aliphatic carbocycles. The molecule has 1 rings (SSSR count). The third-order valence-electron chi connectivity index (χ3n) is 2.60. The van der Waals surface area contributed by atoms with Crippen molar-refractivity contribution in [3.05, 3.63) is 27.2 Å². The molecule has 0 saturated heterocycles. The van der Waals surface area contributed by atoms with Gasteiger partial charge in [-0.25, -0.2) is 5.43 Å². The van der Waals surface area contributed by atoms with E-state index in [1.807, 2.05) is 6.92 Å². The topological polar surface area (TPSA) is 50.7 Å². The molecule has 1 aromatic carbocycles. The second-order valence-electron chi connectivity index (χ2n) is 4.47. The minimum absolute atomic E-state index is 0.206. The Morgan fingerprint density at radius 1 is 1.24 bits per heavy atom. The van der Waals surface area contributed by atoms with E-state index in [2.05, 4.69) is 17.5 Å². The molecule has 0 heterocycles. The predicted octanol–water partition coefficient (Wildman–Crippen LogP) is 4.71. The maximum absolute atomic E-state index is 11.6. The number of amides is 1. The highest BCUT2D eigenvalue weighted by Gasteiger charge is 2.09. The molecule has 1 aromatic rings. The van der Waals surface area contributed by atoms with Crippen LogP contribution in [0.3, 0.4) is 0 Å². The Labute approximate surface area is 139 Å². The lowest BCUT2D eigenvalue weighted by Gasteiger charge is -2.08. The van der Waals surface area contributed by atoms with Crippen LogP contribution in [0.25, 0.3) is 0 Å². The lowest BCUT2D eigenvalue weighted by molar-refractivity contribution is -0.123. The Balaban J connectivity index is 2.48. The van der Waals surface area contributed by atoms with Crippen LogP contribution < -0.4 is 10.2 Å². The molecule has 0 saturated carbocycles. The van der Waals surface area contributed by atoms with E-state index in [1.54, 1.807) is 0 Å². The third kappa shape index (κ3) is 6.55. The normalized spacial score (nSPS) is 11.4. The Morgan fingerprint density at radius 2 is 1.90 bits per heavy atom. The summed E-state index contributed by atoms with van der Waals surface area (Å²) in [6.45, 7) is 3.76. The van der Waals surface area contributed by atoms with Crippen molar-refractivity contribution in [2.24, 2.45) is 5.10 Å². The summed E-state index contributed by atoms with van der Waals surface area (Å²) in [6.07, 6.45) is 2.98. The van der Waals surface area contributed by atoms with Crippen LogP contribution in [0.15, 0.2) is 17.2 Å². The molecule has 116 valence electrons. The molecule has 0 spiro atoms. The number of nitrogens with one attached hydrogen (secondary N) is 1. The average Bonchev–Trinajstić information content (AvgIpc) is 2.45. The zero-order valence-electron chi connectivity index (χ0n) is 11.9. The predicted molar refractivity (Wildman–Crippen MR) is 87.7 cm³/mol. The SMILES string of the molecule is CCCCC(C)=NNC(=O)COc1cc(Cl)c(Cl)cc1Cl. The maximum Gasteiger partial charge on any atom is 0.277 e. The zero-order valence-corrected chi connectivity index (χ0v) is 14.1. The summed E-state index contributed by atoms with van der Waals surface area (Å²) in [7, 11) is 0. The molecule has 21 heavy (non-hydrogen) atoms. The molecule has 0 atom stereocenters. The minimum Gasteiger partial charge on any atom is -0.482 e. The molecule has 1 amide bonds. The monoisotopic (exact) mass is 350 g/mol. The molecule has 4 nitrogen and oxygen atoms in total. The maximum atomic E-state index is 11.6. The summed E-state index contributed by atoms with van der Waals surface area (Å²) in [5, 5.41) is 4.91. The van der Waals surface area contributed by atoms with Gasteiger partial charge in [0.05, 0.1) is 15.1 Å². The average molecular weight is 352 g/mol. The highest BCUT2D eigenvalue weighted by atomic mass is 35.5. The van der Waals surface area contributed by atoms with Crippen molar-refractivity contribution in [2.45, 2.75) is 33.1 Å². The Morgan fingerprint density at radius 3 is 2.57 bits per heavy atom. The first-order chi connectivity index (χ1) is 9.93. The largest absolute Gasteiger partial charge is 0.482 e. The molecular weight excluding hydrogens is 335 g/mol. The van der Waals surface area contributed by atoms with Gasteiger partial charge in [-0.15, -0.1) is 0 Å². The van der Waals surface area contributed by atoms with Crippen LogP contribution in [0, 0.1) is 0 Å². The van der Waals surface area contributed by atoms with Crippen molar-refractivity contribution >= 4 is 46.4 Å². The first kappa shape index (κ1) is 18.1. The summed E-state index contributed by atoms with van der Waals surface area (Å²) < 4.78 is 5.29. The van der Waals surface area contributed by atoms with Crippen molar-refractivity contribution in [1.29, 1.82) is 0 Å². The number of nitrogens with zero attached hydrogens (tertiary/aromatic N) is 1. The fraction of sp³-hybridized carbons (Fsp3) is 0.429. The van der Waals surface area contributed by atoms with E-state index in [1.165, 1.54) is 12.1 Å². The minimum atomic E-state index is -0.368. The number of hydrogen-bond donors (Lipinski definition) is 1. The molecule has 0 unspecified atom stereocenters. The number of hydrogen-bond acceptors (Lipinski definition) is 3. The summed E-state index contributed by atoms with van der Waals surface area (Å²) >= 11 is 17.6. The summed E-state index contributed by atoms with van der Waals surface area (Å²) in [5.41, 5.74) is 3.30. The molecule has 0 aliphatic heterocycles. The van der Waals surface area contributed by atoms with E-state index in [4.69, 9.17) is 39.5 Å². The van der Waals surface area contributed by atoms with Crippen LogP contribution in [-0.2, 0) is 4.79 Å². The molecule has 1 N–H and O–H groups in total. The fourth-order valence-electron chi connectivity index (χ4n) is 1.44. The van der Waals surface area contributed by atoms with Crippen LogP contribution in [0.4, 0.5) is 0 Å². The number of carbonyl (C=O) groups is 1. The van der Waals surface area contributed by atoms with Gasteiger partial charge in [0.1, 0.15) is 5.75 Å². The van der Waals surface area contributed by atoms with E-state index in [0.717, 1.165) is 25.0 Å². The molecule has 0 radical (unpaired) electrons. The van der Waals surface area contributed by atoms with Gasteiger partial charge in [0.25, 0.3) is 5.91 Å². The van der Waals surface area contributed by atoms with Crippen molar-refractivity contribution in [2.75, 3.05) is 6.61 Å². The Hall–Kier alpha value is -0.970. The lowest BCUT2D eigenvalue weighted by atomic mass is 10.2. The Kier molecular flexibility index (Phi) is 7.86. The molecule has 7 heteroatoms. The fourth-order valence-corrected chi connectivity index (χ4v) is 2.03. The number of carbonyl (C=O) groups excluding carboxylic acids is 1. The molecule has 0 aromatic heterocycles. The van der Waals surface area contributed by atoms with Gasteiger partial charge in [-0.2, -0.15) is 5.10 Å². The Bertz CT molecular complexity index is 533. The first-order valence-corrected chi connectivity index (χ1v) is 7.66. The number of rotatable bonds is 7. The smallest absolute Gasteiger partial charge is 0.277 e. The summed E-state index contributed by atoms with van der Waals surface area (Å²) in [6, 6.07) is 2.93. The van der Waals surface area contributed by atoms with E-state index in [9.17, 15) is 4.79 Å². The quantitative estimate of drug-likeness (QED) is 0.439. The molecule has 0 aliphatic rings. The molecule has 0 fully saturated rings. The van der Waals surface area contributed by atoms with Gasteiger partial charge < -0.3 is 4.74 Å². The van der Waals surface area contributed by atoms with Gasteiger partial charge in [0, 0.05) is 11.8 Å². The molecular formula is C14H17Cl3N2O2. The van der Waals surface area contributed by atoms with E-state index in [0.29, 0.717) is 20.8 Å². The van der Waals surface area contributed by atoms with Crippen molar-refractivity contribution in [3.63, 3.8) is 0 Å². The van der Waals surface area contributed by atoms with Crippen LogP contribution in [0.2, 0.25) is 15.1 Å². The number of unbranched alkanes of at least 4 members (excludes halogenated alkanes) is 1. The zero-order chi connectivity index (χ0) is 15.8. The van der Waals surface area contributed by atoms with Crippen molar-refractivity contribution in [3.8, 4) is 5.75 Å². The van der Waals surface area contributed by atoms with Gasteiger partial charge in [0.2, 0.25) is 0 Å². The second kappa shape index (κ2) is 9.13. The van der Waals surface area contributed by atoms with Gasteiger partial charge in [-0.3, -0.25) is 4.79 Å². The van der Waals surface area contributed by atoms with E-state index >= 15 is 0 Å². The number of hydrazone groups is 1. The third-order valence-corrected chi connectivity index (χ3v) is 3.61. The van der Waals surface area contributed by atoms with Gasteiger partial charge in [-0.1, -0.05) is 48.1 Å².